The van der Waals surface area contributed by atoms with Gasteiger partial charge in [-0.3, -0.25) is 0 Å². The molecule has 0 bridgehead atoms. The van der Waals surface area contributed by atoms with E-state index in [0.717, 1.165) is 0 Å². The van der Waals surface area contributed by atoms with E-state index in [-0.39, 0.29) is 6.54 Å². The lowest BCUT2D eigenvalue weighted by Crippen LogP contribution is -2.59. The predicted octanol–water partition coefficient (Wildman–Crippen LogP) is 1.85. The normalized spacial score (nSPS) is 22.4. The van der Waals surface area contributed by atoms with Crippen molar-refractivity contribution in [3.8, 4) is 0 Å². The fourth-order valence-corrected chi connectivity index (χ4v) is 1.81. The van der Waals surface area contributed by atoms with Crippen LogP contribution in [0.25, 0.3) is 0 Å². The van der Waals surface area contributed by atoms with Gasteiger partial charge in [0.25, 0.3) is 0 Å². The highest BCUT2D eigenvalue weighted by Crippen LogP contribution is 2.26. The van der Waals surface area contributed by atoms with E-state index in [0.29, 0.717) is 18.8 Å². The van der Waals surface area contributed by atoms with Gasteiger partial charge in [-0.2, -0.15) is 13.2 Å². The van der Waals surface area contributed by atoms with Gasteiger partial charge in [0.2, 0.25) is 0 Å². The van der Waals surface area contributed by atoms with Gasteiger partial charge in [-0.05, 0) is 12.1 Å². The Hall–Kier alpha value is -1.27. The molecule has 3 nitrogen and oxygen atoms in total. The summed E-state index contributed by atoms with van der Waals surface area (Å²) in [6, 6.07) is 7.39. The molecule has 1 saturated heterocycles. The third-order valence-corrected chi connectivity index (χ3v) is 2.67. The number of halogens is 3. The quantitative estimate of drug-likeness (QED) is 0.832. The van der Waals surface area contributed by atoms with Crippen LogP contribution >= 0.6 is 0 Å². The maximum atomic E-state index is 12.8. The molecular weight excluding hydrogens is 231 g/mol. The standard InChI is InChI=1S/C11H14F3N3/c12-11(13,14)10-8-15-6-7-17(10)16-9-4-2-1-3-5-9/h1-5,10,15-16H,6-8H2. The molecule has 0 saturated carbocycles. The Morgan fingerprint density at radius 2 is 1.94 bits per heavy atom. The van der Waals surface area contributed by atoms with E-state index in [1.165, 1.54) is 5.01 Å². The molecule has 0 aliphatic carbocycles. The molecule has 1 aliphatic heterocycles. The van der Waals surface area contributed by atoms with Gasteiger partial charge in [0, 0.05) is 25.3 Å². The highest BCUT2D eigenvalue weighted by Gasteiger charge is 2.44. The minimum absolute atomic E-state index is 0.0800. The Labute approximate surface area is 97.6 Å². The second-order valence-corrected chi connectivity index (χ2v) is 3.93. The van der Waals surface area contributed by atoms with E-state index >= 15 is 0 Å². The van der Waals surface area contributed by atoms with Crippen LogP contribution in [0.5, 0.6) is 0 Å². The fraction of sp³-hybridized carbons (Fsp3) is 0.455. The maximum Gasteiger partial charge on any atom is 0.407 e. The van der Waals surface area contributed by atoms with Gasteiger partial charge in [-0.25, -0.2) is 5.01 Å². The van der Waals surface area contributed by atoms with E-state index in [4.69, 9.17) is 0 Å². The van der Waals surface area contributed by atoms with Crippen molar-refractivity contribution in [1.82, 2.24) is 10.3 Å². The van der Waals surface area contributed by atoms with Gasteiger partial charge >= 0.3 is 6.18 Å². The zero-order chi connectivity index (χ0) is 12.3. The summed E-state index contributed by atoms with van der Waals surface area (Å²) in [6.07, 6.45) is -4.23. The van der Waals surface area contributed by atoms with E-state index in [1.807, 2.05) is 6.07 Å². The van der Waals surface area contributed by atoms with Crippen LogP contribution in [0.4, 0.5) is 18.9 Å². The molecule has 17 heavy (non-hydrogen) atoms. The second kappa shape index (κ2) is 4.93. The molecule has 94 valence electrons. The molecule has 2 N–H and O–H groups in total. The Balaban J connectivity index is 2.07. The van der Waals surface area contributed by atoms with Crippen molar-refractivity contribution in [2.24, 2.45) is 0 Å². The van der Waals surface area contributed by atoms with Crippen molar-refractivity contribution in [2.75, 3.05) is 25.1 Å². The number of anilines is 1. The SMILES string of the molecule is FC(F)(F)C1CNCCN1Nc1ccccc1. The van der Waals surface area contributed by atoms with E-state index in [1.54, 1.807) is 24.3 Å². The number of nitrogens with one attached hydrogen (secondary N) is 2. The monoisotopic (exact) mass is 245 g/mol. The molecule has 0 amide bonds. The van der Waals surface area contributed by atoms with Gasteiger partial charge in [-0.15, -0.1) is 0 Å². The Kier molecular flexibility index (Phi) is 3.54. The van der Waals surface area contributed by atoms with Crippen LogP contribution in [0.2, 0.25) is 0 Å². The van der Waals surface area contributed by atoms with E-state index < -0.39 is 12.2 Å². The molecule has 1 atom stereocenters. The molecule has 1 aromatic carbocycles. The highest BCUT2D eigenvalue weighted by atomic mass is 19.4. The van der Waals surface area contributed by atoms with E-state index in [9.17, 15) is 13.2 Å². The van der Waals surface area contributed by atoms with Crippen LogP contribution in [-0.2, 0) is 0 Å². The van der Waals surface area contributed by atoms with Crippen molar-refractivity contribution >= 4 is 5.69 Å². The summed E-state index contributed by atoms with van der Waals surface area (Å²) in [5.74, 6) is 0. The van der Waals surface area contributed by atoms with Gasteiger partial charge in [-0.1, -0.05) is 18.2 Å². The van der Waals surface area contributed by atoms with E-state index in [2.05, 4.69) is 10.7 Å². The lowest BCUT2D eigenvalue weighted by atomic mass is 10.2. The average Bonchev–Trinajstić information content (AvgIpc) is 2.30. The molecule has 1 aliphatic rings. The molecule has 1 heterocycles. The molecule has 1 unspecified atom stereocenters. The summed E-state index contributed by atoms with van der Waals surface area (Å²) >= 11 is 0. The van der Waals surface area contributed by atoms with Crippen LogP contribution in [0.15, 0.2) is 30.3 Å². The Morgan fingerprint density at radius 3 is 2.59 bits per heavy atom. The predicted molar refractivity (Wildman–Crippen MR) is 59.5 cm³/mol. The number of hydrogen-bond donors (Lipinski definition) is 2. The first-order valence-electron chi connectivity index (χ1n) is 5.43. The molecular formula is C11H14F3N3. The Bertz CT molecular complexity index is 353. The minimum atomic E-state index is -4.23. The minimum Gasteiger partial charge on any atom is -0.318 e. The number of alkyl halides is 3. The number of piperazine rings is 1. The first-order valence-corrected chi connectivity index (χ1v) is 5.43. The van der Waals surface area contributed by atoms with Crippen molar-refractivity contribution in [1.29, 1.82) is 0 Å². The second-order valence-electron chi connectivity index (χ2n) is 3.93. The molecule has 0 aromatic heterocycles. The van der Waals surface area contributed by atoms with Crippen LogP contribution in [0.3, 0.4) is 0 Å². The summed E-state index contributed by atoms with van der Waals surface area (Å²) in [5, 5.41) is 4.00. The largest absolute Gasteiger partial charge is 0.407 e. The zero-order valence-corrected chi connectivity index (χ0v) is 9.17. The molecule has 6 heteroatoms. The number of benzene rings is 1. The fourth-order valence-electron chi connectivity index (χ4n) is 1.81. The smallest absolute Gasteiger partial charge is 0.318 e. The number of hydrogen-bond acceptors (Lipinski definition) is 3. The van der Waals surface area contributed by atoms with Crippen LogP contribution in [0.1, 0.15) is 0 Å². The van der Waals surface area contributed by atoms with Gasteiger partial charge in [0.05, 0.1) is 0 Å². The third kappa shape index (κ3) is 3.10. The van der Waals surface area contributed by atoms with Crippen molar-refractivity contribution in [3.05, 3.63) is 30.3 Å². The van der Waals surface area contributed by atoms with Crippen LogP contribution < -0.4 is 10.7 Å². The third-order valence-electron chi connectivity index (χ3n) is 2.67. The topological polar surface area (TPSA) is 27.3 Å². The number of nitrogens with zero attached hydrogens (tertiary/aromatic N) is 1. The average molecular weight is 245 g/mol. The molecule has 0 spiro atoms. The van der Waals surface area contributed by atoms with Crippen molar-refractivity contribution < 1.29 is 13.2 Å². The summed E-state index contributed by atoms with van der Waals surface area (Å²) in [7, 11) is 0. The summed E-state index contributed by atoms with van der Waals surface area (Å²) in [6.45, 7) is 0.787. The summed E-state index contributed by atoms with van der Waals surface area (Å²) in [4.78, 5) is 0. The van der Waals surface area contributed by atoms with Crippen molar-refractivity contribution in [2.45, 2.75) is 12.2 Å². The molecule has 1 aromatic rings. The van der Waals surface area contributed by atoms with Crippen LogP contribution in [0, 0.1) is 0 Å². The first-order chi connectivity index (χ1) is 8.07. The summed E-state index contributed by atoms with van der Waals surface area (Å²) < 4.78 is 38.3. The summed E-state index contributed by atoms with van der Waals surface area (Å²) in [5.41, 5.74) is 3.48. The van der Waals surface area contributed by atoms with Crippen molar-refractivity contribution in [3.63, 3.8) is 0 Å². The lowest BCUT2D eigenvalue weighted by molar-refractivity contribution is -0.183. The zero-order valence-electron chi connectivity index (χ0n) is 9.17. The highest BCUT2D eigenvalue weighted by molar-refractivity contribution is 5.41. The van der Waals surface area contributed by atoms with Gasteiger partial charge in [0.15, 0.2) is 0 Å². The molecule has 1 fully saturated rings. The maximum absolute atomic E-state index is 12.8. The number of para-hydroxylation sites is 1. The van der Waals surface area contributed by atoms with Crippen LogP contribution in [-0.4, -0.2) is 36.9 Å². The molecule has 2 rings (SSSR count). The van der Waals surface area contributed by atoms with Gasteiger partial charge in [0.1, 0.15) is 6.04 Å². The first kappa shape index (κ1) is 12.2. The number of hydrazine groups is 1. The number of rotatable bonds is 2. The lowest BCUT2D eigenvalue weighted by Gasteiger charge is -2.37. The van der Waals surface area contributed by atoms with Gasteiger partial charge < -0.3 is 10.7 Å². The Morgan fingerprint density at radius 1 is 1.24 bits per heavy atom. The molecule has 0 radical (unpaired) electrons.